The van der Waals surface area contributed by atoms with Crippen LogP contribution in [0.5, 0.6) is 0 Å². The molecular weight excluding hydrogens is 352 g/mol. The molecule has 2 aromatic heterocycles. The minimum atomic E-state index is -1.51. The average molecular weight is 376 g/mol. The summed E-state index contributed by atoms with van der Waals surface area (Å²) in [6.07, 6.45) is 5.59. The number of hydrogen-bond acceptors (Lipinski definition) is 6. The second-order valence-electron chi connectivity index (χ2n) is 7.08. The molecule has 0 radical (unpaired) electrons. The van der Waals surface area contributed by atoms with E-state index in [1.165, 1.54) is 11.1 Å². The highest BCUT2D eigenvalue weighted by Crippen LogP contribution is 2.36. The van der Waals surface area contributed by atoms with E-state index in [2.05, 4.69) is 38.4 Å². The number of benzene rings is 1. The van der Waals surface area contributed by atoms with E-state index in [-0.39, 0.29) is 0 Å². The molecule has 1 aliphatic rings. The Labute approximate surface area is 164 Å². The van der Waals surface area contributed by atoms with Gasteiger partial charge in [-0.15, -0.1) is 0 Å². The van der Waals surface area contributed by atoms with Crippen LogP contribution in [0.25, 0.3) is 0 Å². The van der Waals surface area contributed by atoms with Gasteiger partial charge in [0.15, 0.2) is 6.29 Å². The molecule has 0 saturated heterocycles. The first kappa shape index (κ1) is 18.4. The van der Waals surface area contributed by atoms with E-state index in [1.807, 2.05) is 25.2 Å². The molecule has 3 N–H and O–H groups in total. The molecule has 144 valence electrons. The van der Waals surface area contributed by atoms with E-state index < -0.39 is 6.29 Å². The lowest BCUT2D eigenvalue weighted by Gasteiger charge is -2.20. The predicted molar refractivity (Wildman–Crippen MR) is 110 cm³/mol. The molecule has 0 unspecified atom stereocenters. The molecule has 6 heteroatoms. The Balaban J connectivity index is 1.48. The van der Waals surface area contributed by atoms with Crippen molar-refractivity contribution in [2.24, 2.45) is 0 Å². The summed E-state index contributed by atoms with van der Waals surface area (Å²) in [5, 5.41) is 22.4. The van der Waals surface area contributed by atoms with Crippen molar-refractivity contribution in [3.8, 4) is 0 Å². The number of anilines is 3. The van der Waals surface area contributed by atoms with Crippen molar-refractivity contribution in [1.29, 1.82) is 0 Å². The van der Waals surface area contributed by atoms with Crippen LogP contribution in [0.15, 0.2) is 61.1 Å². The third-order valence-corrected chi connectivity index (χ3v) is 5.38. The highest BCUT2D eigenvalue weighted by atomic mass is 16.5. The lowest BCUT2D eigenvalue weighted by molar-refractivity contribution is -0.0419. The number of nitrogens with one attached hydrogen (secondary N) is 1. The minimum absolute atomic E-state index is 0.382. The Hall–Kier alpha value is -2.96. The van der Waals surface area contributed by atoms with Crippen LogP contribution in [0, 0.1) is 0 Å². The predicted octanol–water partition coefficient (Wildman–Crippen LogP) is 3.37. The van der Waals surface area contributed by atoms with E-state index in [0.717, 1.165) is 30.9 Å². The fraction of sp³-hybridized carbons (Fsp3) is 0.273. The number of nitrogens with zero attached hydrogens (tertiary/aromatic N) is 3. The first-order valence-electron chi connectivity index (χ1n) is 9.45. The average Bonchev–Trinajstić information content (AvgIpc) is 3.14. The largest absolute Gasteiger partial charge is 0.383 e. The Bertz CT molecular complexity index is 946. The normalized spacial score (nSPS) is 15.5. The SMILES string of the molecule is CN(c1ccc2c(c1)CC[C@H]2CNc1cnccc1C(O)O)c1ccccn1. The Morgan fingerprint density at radius 3 is 2.86 bits per heavy atom. The molecule has 3 aromatic rings. The molecule has 0 fully saturated rings. The van der Waals surface area contributed by atoms with Gasteiger partial charge in [0, 0.05) is 43.2 Å². The first-order valence-corrected chi connectivity index (χ1v) is 9.45. The van der Waals surface area contributed by atoms with Gasteiger partial charge in [-0.05, 0) is 54.3 Å². The van der Waals surface area contributed by atoms with Gasteiger partial charge in [0.1, 0.15) is 5.82 Å². The molecule has 1 atom stereocenters. The molecule has 1 aromatic carbocycles. The summed E-state index contributed by atoms with van der Waals surface area (Å²) in [6.45, 7) is 0.730. The molecule has 0 aliphatic heterocycles. The number of pyridine rings is 2. The standard InChI is InChI=1S/C22H24N4O2/c1-26(21-4-2-3-10-24-21)17-7-8-18-15(12-17)5-6-16(18)13-25-20-14-23-11-9-19(20)22(27)28/h2-4,7-12,14,16,22,25,27-28H,5-6,13H2,1H3/t16-/m0/s1. The third kappa shape index (κ3) is 3.69. The van der Waals surface area contributed by atoms with Crippen LogP contribution in [0.4, 0.5) is 17.2 Å². The number of fused-ring (bicyclic) bond motifs is 1. The molecule has 6 nitrogen and oxygen atoms in total. The van der Waals surface area contributed by atoms with Crippen LogP contribution in [0.3, 0.4) is 0 Å². The maximum atomic E-state index is 9.51. The van der Waals surface area contributed by atoms with Gasteiger partial charge in [0.2, 0.25) is 0 Å². The molecule has 0 amide bonds. The van der Waals surface area contributed by atoms with E-state index in [9.17, 15) is 10.2 Å². The molecule has 0 bridgehead atoms. The maximum Gasteiger partial charge on any atom is 0.180 e. The summed E-state index contributed by atoms with van der Waals surface area (Å²) >= 11 is 0. The van der Waals surface area contributed by atoms with Crippen LogP contribution in [0.1, 0.15) is 35.3 Å². The zero-order chi connectivity index (χ0) is 19.5. The summed E-state index contributed by atoms with van der Waals surface area (Å²) < 4.78 is 0. The summed E-state index contributed by atoms with van der Waals surface area (Å²) in [5.74, 6) is 1.30. The van der Waals surface area contributed by atoms with Crippen LogP contribution in [-0.2, 0) is 6.42 Å². The van der Waals surface area contributed by atoms with Crippen molar-refractivity contribution >= 4 is 17.2 Å². The fourth-order valence-electron chi connectivity index (χ4n) is 3.81. The second-order valence-corrected chi connectivity index (χ2v) is 7.08. The monoisotopic (exact) mass is 376 g/mol. The Kier molecular flexibility index (Phi) is 5.23. The lowest BCUT2D eigenvalue weighted by Crippen LogP contribution is -2.13. The van der Waals surface area contributed by atoms with E-state index in [4.69, 9.17) is 0 Å². The number of aryl methyl sites for hydroxylation is 1. The number of aliphatic hydroxyl groups excluding tert-OH is 1. The summed E-state index contributed by atoms with van der Waals surface area (Å²) in [5.41, 5.74) is 4.95. The van der Waals surface area contributed by atoms with Crippen LogP contribution in [0.2, 0.25) is 0 Å². The molecule has 1 aliphatic carbocycles. The van der Waals surface area contributed by atoms with Crippen molar-refractivity contribution < 1.29 is 10.2 Å². The van der Waals surface area contributed by atoms with Gasteiger partial charge in [-0.2, -0.15) is 0 Å². The smallest absolute Gasteiger partial charge is 0.180 e. The number of aliphatic hydroxyl groups is 2. The van der Waals surface area contributed by atoms with Crippen molar-refractivity contribution in [2.75, 3.05) is 23.8 Å². The summed E-state index contributed by atoms with van der Waals surface area (Å²) in [6, 6.07) is 14.1. The van der Waals surface area contributed by atoms with Gasteiger partial charge >= 0.3 is 0 Å². The van der Waals surface area contributed by atoms with Crippen LogP contribution >= 0.6 is 0 Å². The van der Waals surface area contributed by atoms with Gasteiger partial charge in [-0.25, -0.2) is 4.98 Å². The quantitative estimate of drug-likeness (QED) is 0.572. The molecule has 0 spiro atoms. The fourth-order valence-corrected chi connectivity index (χ4v) is 3.81. The molecule has 28 heavy (non-hydrogen) atoms. The van der Waals surface area contributed by atoms with Crippen molar-refractivity contribution in [3.05, 3.63) is 77.7 Å². The van der Waals surface area contributed by atoms with E-state index >= 15 is 0 Å². The maximum absolute atomic E-state index is 9.51. The van der Waals surface area contributed by atoms with Gasteiger partial charge < -0.3 is 20.4 Å². The van der Waals surface area contributed by atoms with Gasteiger partial charge in [0.05, 0.1) is 11.9 Å². The van der Waals surface area contributed by atoms with Gasteiger partial charge in [-0.1, -0.05) is 12.1 Å². The summed E-state index contributed by atoms with van der Waals surface area (Å²) in [7, 11) is 2.03. The van der Waals surface area contributed by atoms with Crippen LogP contribution < -0.4 is 10.2 Å². The Morgan fingerprint density at radius 1 is 1.18 bits per heavy atom. The van der Waals surface area contributed by atoms with Crippen molar-refractivity contribution in [1.82, 2.24) is 9.97 Å². The van der Waals surface area contributed by atoms with Gasteiger partial charge in [-0.3, -0.25) is 4.98 Å². The van der Waals surface area contributed by atoms with E-state index in [1.54, 1.807) is 24.7 Å². The van der Waals surface area contributed by atoms with Gasteiger partial charge in [0.25, 0.3) is 0 Å². The van der Waals surface area contributed by atoms with Crippen molar-refractivity contribution in [3.63, 3.8) is 0 Å². The first-order chi connectivity index (χ1) is 13.6. The van der Waals surface area contributed by atoms with Crippen molar-refractivity contribution in [2.45, 2.75) is 25.0 Å². The topological polar surface area (TPSA) is 81.5 Å². The second kappa shape index (κ2) is 7.96. The molecule has 4 rings (SSSR count). The lowest BCUT2D eigenvalue weighted by atomic mass is 10.0. The highest BCUT2D eigenvalue weighted by molar-refractivity contribution is 5.62. The van der Waals surface area contributed by atoms with Crippen LogP contribution in [-0.4, -0.2) is 33.8 Å². The number of aromatic nitrogens is 2. The highest BCUT2D eigenvalue weighted by Gasteiger charge is 2.23. The zero-order valence-corrected chi connectivity index (χ0v) is 15.8. The number of hydrogen-bond donors (Lipinski definition) is 3. The third-order valence-electron chi connectivity index (χ3n) is 5.38. The summed E-state index contributed by atoms with van der Waals surface area (Å²) in [4.78, 5) is 10.6. The Morgan fingerprint density at radius 2 is 2.07 bits per heavy atom. The molecule has 0 saturated carbocycles. The molecular formula is C22H24N4O2. The minimum Gasteiger partial charge on any atom is -0.383 e. The molecule has 2 heterocycles. The zero-order valence-electron chi connectivity index (χ0n) is 15.8. The number of rotatable bonds is 6. The van der Waals surface area contributed by atoms with E-state index in [0.29, 0.717) is 17.2 Å².